The first kappa shape index (κ1) is 23.1. The van der Waals surface area contributed by atoms with Crippen LogP contribution in [0.15, 0.2) is 42.6 Å². The third-order valence-electron chi connectivity index (χ3n) is 8.09. The van der Waals surface area contributed by atoms with Crippen molar-refractivity contribution in [1.29, 1.82) is 10.8 Å². The molecular formula is C26H37N7O. The van der Waals surface area contributed by atoms with Gasteiger partial charge in [-0.15, -0.1) is 0 Å². The third-order valence-corrected chi connectivity index (χ3v) is 8.09. The van der Waals surface area contributed by atoms with Gasteiger partial charge in [0.2, 0.25) is 5.96 Å². The van der Waals surface area contributed by atoms with Gasteiger partial charge in [-0.1, -0.05) is 24.3 Å². The molecule has 3 aliphatic rings. The van der Waals surface area contributed by atoms with Crippen LogP contribution in [0.3, 0.4) is 0 Å². The molecule has 1 spiro atoms. The minimum Gasteiger partial charge on any atom is -0.484 e. The van der Waals surface area contributed by atoms with Crippen molar-refractivity contribution >= 4 is 5.96 Å². The molecule has 1 aromatic carbocycles. The maximum absolute atomic E-state index is 8.89. The van der Waals surface area contributed by atoms with Crippen LogP contribution in [0.5, 0.6) is 5.75 Å². The summed E-state index contributed by atoms with van der Waals surface area (Å²) >= 11 is 0. The number of aromatic nitrogens is 1. The number of nitrogens with two attached hydrogens (primary N) is 1. The van der Waals surface area contributed by atoms with Gasteiger partial charge in [0, 0.05) is 44.3 Å². The molecule has 2 fully saturated rings. The highest BCUT2D eigenvalue weighted by molar-refractivity contribution is 5.79. The Labute approximate surface area is 201 Å². The zero-order valence-electron chi connectivity index (χ0n) is 20.3. The fraction of sp³-hybridized carbons (Fsp3) is 0.538. The van der Waals surface area contributed by atoms with Crippen molar-refractivity contribution in [3.05, 3.63) is 59.2 Å². The van der Waals surface area contributed by atoms with Gasteiger partial charge < -0.3 is 20.3 Å². The summed E-state index contributed by atoms with van der Waals surface area (Å²) in [6, 6.07) is 11.8. The lowest BCUT2D eigenvalue weighted by Gasteiger charge is -2.52. The average Bonchev–Trinajstić information content (AvgIpc) is 2.85. The normalized spacial score (nSPS) is 25.2. The number of nitrogens with one attached hydrogen (secondary N) is 2. The van der Waals surface area contributed by atoms with Crippen LogP contribution < -0.4 is 16.0 Å². The van der Waals surface area contributed by atoms with Crippen molar-refractivity contribution in [2.75, 3.05) is 46.8 Å². The summed E-state index contributed by atoms with van der Waals surface area (Å²) < 4.78 is 8.04. The lowest BCUT2D eigenvalue weighted by molar-refractivity contribution is -0.00873. The molecule has 2 aromatic rings. The Balaban J connectivity index is 1.31. The summed E-state index contributed by atoms with van der Waals surface area (Å²) in [6.45, 7) is 4.93. The molecule has 1 aromatic heterocycles. The summed E-state index contributed by atoms with van der Waals surface area (Å²) in [5.41, 5.74) is 9.08. The number of likely N-dealkylation sites (tertiary alicyclic amines) is 1. The van der Waals surface area contributed by atoms with Crippen LogP contribution in [0.4, 0.5) is 0 Å². The van der Waals surface area contributed by atoms with Gasteiger partial charge >= 0.3 is 0 Å². The summed E-state index contributed by atoms with van der Waals surface area (Å²) in [7, 11) is 4.44. The number of hydrogen-bond donors (Lipinski definition) is 3. The number of likely N-dealkylation sites (N-methyl/N-ethyl adjacent to an activating group) is 2. The van der Waals surface area contributed by atoms with Crippen LogP contribution in [0.2, 0.25) is 0 Å². The van der Waals surface area contributed by atoms with Gasteiger partial charge in [0.25, 0.3) is 0 Å². The zero-order valence-corrected chi connectivity index (χ0v) is 20.3. The maximum Gasteiger partial charge on any atom is 0.203 e. The molecule has 2 atom stereocenters. The van der Waals surface area contributed by atoms with Crippen molar-refractivity contribution in [2.24, 2.45) is 5.73 Å². The highest BCUT2D eigenvalue weighted by atomic mass is 16.5. The predicted octanol–water partition coefficient (Wildman–Crippen LogP) is 2.38. The van der Waals surface area contributed by atoms with E-state index < -0.39 is 0 Å². The lowest BCUT2D eigenvalue weighted by Crippen LogP contribution is -2.64. The third kappa shape index (κ3) is 4.26. The van der Waals surface area contributed by atoms with Crippen molar-refractivity contribution in [3.63, 3.8) is 0 Å². The van der Waals surface area contributed by atoms with Crippen LogP contribution in [0, 0.1) is 10.8 Å². The monoisotopic (exact) mass is 463 g/mol. The van der Waals surface area contributed by atoms with Gasteiger partial charge in [-0.05, 0) is 63.0 Å². The molecule has 3 heterocycles. The quantitative estimate of drug-likeness (QED) is 0.469. The smallest absolute Gasteiger partial charge is 0.203 e. The largest absolute Gasteiger partial charge is 0.484 e. The fourth-order valence-electron chi connectivity index (χ4n) is 5.88. The van der Waals surface area contributed by atoms with Crippen molar-refractivity contribution in [1.82, 2.24) is 19.3 Å². The van der Waals surface area contributed by atoms with E-state index in [1.807, 2.05) is 18.2 Å². The van der Waals surface area contributed by atoms with Crippen LogP contribution >= 0.6 is 0 Å². The molecule has 182 valence electrons. The topological polar surface area (TPSA) is 97.6 Å². The standard InChI is InChI=1S/C26H37N7O/c1-30-15-16-31(2)26(18-30)11-13-32(14-12-26)25(29)33-17-19(7-10-24(33)28)34-23-9-8-22(27)20-5-3-4-6-21(20)23/h3-7,10,17,22-23,28-29H,8-9,11-16,18,27H2,1-2H3/t22-,23+/m0/s1. The molecule has 2 aliphatic heterocycles. The second-order valence-electron chi connectivity index (χ2n) is 10.2. The zero-order chi connectivity index (χ0) is 23.9. The minimum atomic E-state index is -0.0658. The molecule has 34 heavy (non-hydrogen) atoms. The maximum atomic E-state index is 8.89. The lowest BCUT2D eigenvalue weighted by atomic mass is 9.84. The van der Waals surface area contributed by atoms with E-state index in [0.29, 0.717) is 17.2 Å². The van der Waals surface area contributed by atoms with Crippen LogP contribution in [0.25, 0.3) is 0 Å². The number of piperidine rings is 1. The molecule has 5 rings (SSSR count). The first-order chi connectivity index (χ1) is 16.4. The van der Waals surface area contributed by atoms with E-state index in [1.165, 1.54) is 0 Å². The second-order valence-corrected chi connectivity index (χ2v) is 10.2. The summed E-state index contributed by atoms with van der Waals surface area (Å²) in [4.78, 5) is 7.04. The molecule has 0 radical (unpaired) electrons. The Kier molecular flexibility index (Phi) is 6.22. The summed E-state index contributed by atoms with van der Waals surface area (Å²) in [5, 5.41) is 17.3. The Morgan fingerprint density at radius 2 is 1.74 bits per heavy atom. The van der Waals surface area contributed by atoms with E-state index >= 15 is 0 Å². The molecule has 4 N–H and O–H groups in total. The van der Waals surface area contributed by atoms with Crippen molar-refractivity contribution < 1.29 is 4.74 Å². The molecule has 1 aliphatic carbocycles. The van der Waals surface area contributed by atoms with Gasteiger partial charge in [-0.2, -0.15) is 0 Å². The van der Waals surface area contributed by atoms with Gasteiger partial charge in [0.1, 0.15) is 17.3 Å². The Hall–Kier alpha value is -2.68. The Morgan fingerprint density at radius 1 is 1.00 bits per heavy atom. The summed E-state index contributed by atoms with van der Waals surface area (Å²) in [6.07, 6.45) is 5.52. The van der Waals surface area contributed by atoms with Gasteiger partial charge in [-0.3, -0.25) is 20.3 Å². The molecule has 8 heteroatoms. The number of pyridine rings is 1. The summed E-state index contributed by atoms with van der Waals surface area (Å²) in [5.74, 6) is 1.03. The molecule has 0 bridgehead atoms. The number of benzene rings is 1. The number of ether oxygens (including phenoxy) is 1. The predicted molar refractivity (Wildman–Crippen MR) is 133 cm³/mol. The minimum absolute atomic E-state index is 0.0511. The average molecular weight is 464 g/mol. The van der Waals surface area contributed by atoms with Gasteiger partial charge in [0.05, 0.1) is 6.20 Å². The Morgan fingerprint density at radius 3 is 2.50 bits per heavy atom. The number of fused-ring (bicyclic) bond motifs is 1. The fourth-order valence-corrected chi connectivity index (χ4v) is 5.88. The highest BCUT2D eigenvalue weighted by Crippen LogP contribution is 2.37. The first-order valence-corrected chi connectivity index (χ1v) is 12.4. The highest BCUT2D eigenvalue weighted by Gasteiger charge is 2.41. The first-order valence-electron chi connectivity index (χ1n) is 12.4. The molecule has 8 nitrogen and oxygen atoms in total. The van der Waals surface area contributed by atoms with E-state index in [-0.39, 0.29) is 17.7 Å². The number of hydrogen-bond acceptors (Lipinski definition) is 6. The number of nitrogens with zero attached hydrogens (tertiary/aromatic N) is 4. The van der Waals surface area contributed by atoms with Crippen molar-refractivity contribution in [3.8, 4) is 5.75 Å². The molecule has 0 amide bonds. The molecule has 0 unspecified atom stereocenters. The van der Waals surface area contributed by atoms with Crippen molar-refractivity contribution in [2.45, 2.75) is 43.4 Å². The van der Waals surface area contributed by atoms with Gasteiger partial charge in [-0.25, -0.2) is 0 Å². The molecule has 2 saturated heterocycles. The van der Waals surface area contributed by atoms with Crippen LogP contribution in [0.1, 0.15) is 49.0 Å². The van der Waals surface area contributed by atoms with Crippen LogP contribution in [-0.2, 0) is 0 Å². The molecule has 0 saturated carbocycles. The van der Waals surface area contributed by atoms with E-state index in [0.717, 1.165) is 69.5 Å². The van der Waals surface area contributed by atoms with E-state index in [9.17, 15) is 0 Å². The number of piperazine rings is 1. The van der Waals surface area contributed by atoms with E-state index in [4.69, 9.17) is 21.3 Å². The second kappa shape index (κ2) is 9.17. The Bertz CT molecular complexity index is 1100. The van der Waals surface area contributed by atoms with E-state index in [2.05, 4.69) is 40.9 Å². The van der Waals surface area contributed by atoms with Gasteiger partial charge in [0.15, 0.2) is 0 Å². The van der Waals surface area contributed by atoms with Crippen LogP contribution in [-0.4, -0.2) is 77.6 Å². The SMILES string of the molecule is CN1CCN(C)C2(CCN(C(=N)n3cc(O[C@@H]4CC[C@H](N)c5ccccc54)ccc3=N)CC2)C1. The molecular weight excluding hydrogens is 426 g/mol. The number of rotatable bonds is 2. The van der Waals surface area contributed by atoms with E-state index in [1.54, 1.807) is 16.8 Å².